The molecule has 5 nitrogen and oxygen atoms in total. The molecule has 0 spiro atoms. The van der Waals surface area contributed by atoms with Gasteiger partial charge in [0.25, 0.3) is 0 Å². The lowest BCUT2D eigenvalue weighted by Crippen LogP contribution is -2.49. The SMILES string of the molecule is N#CC(CN1CCOCC1CC(=O)O)C(F)(F)F. The molecule has 18 heavy (non-hydrogen) atoms. The number of morpholine rings is 1. The third-order valence-electron chi connectivity index (χ3n) is 2.73. The number of alkyl halides is 3. The number of hydrogen-bond acceptors (Lipinski definition) is 4. The van der Waals surface area contributed by atoms with E-state index in [2.05, 4.69) is 0 Å². The maximum absolute atomic E-state index is 12.5. The minimum Gasteiger partial charge on any atom is -0.481 e. The van der Waals surface area contributed by atoms with E-state index in [0.29, 0.717) is 0 Å². The molecular weight excluding hydrogens is 253 g/mol. The Labute approximate surface area is 102 Å². The minimum atomic E-state index is -4.60. The minimum absolute atomic E-state index is 0.0717. The van der Waals surface area contributed by atoms with E-state index in [1.807, 2.05) is 0 Å². The lowest BCUT2D eigenvalue weighted by atomic mass is 10.1. The summed E-state index contributed by atoms with van der Waals surface area (Å²) in [5.74, 6) is -3.21. The van der Waals surface area contributed by atoms with Gasteiger partial charge < -0.3 is 9.84 Å². The van der Waals surface area contributed by atoms with Crippen LogP contribution >= 0.6 is 0 Å². The second-order valence-electron chi connectivity index (χ2n) is 4.04. The Balaban J connectivity index is 2.67. The Kier molecular flexibility index (Phi) is 4.93. The van der Waals surface area contributed by atoms with Crippen LogP contribution in [0.25, 0.3) is 0 Å². The smallest absolute Gasteiger partial charge is 0.405 e. The molecule has 0 aliphatic carbocycles. The summed E-state index contributed by atoms with van der Waals surface area (Å²) in [4.78, 5) is 12.0. The number of nitrogens with zero attached hydrogens (tertiary/aromatic N) is 2. The summed E-state index contributed by atoms with van der Waals surface area (Å²) in [7, 11) is 0. The van der Waals surface area contributed by atoms with E-state index in [1.54, 1.807) is 0 Å². The van der Waals surface area contributed by atoms with Gasteiger partial charge in [0.15, 0.2) is 5.92 Å². The van der Waals surface area contributed by atoms with Crippen LogP contribution < -0.4 is 0 Å². The lowest BCUT2D eigenvalue weighted by molar-refractivity contribution is -0.168. The molecular formula is C10H13F3N2O3. The number of halogens is 3. The molecule has 0 aromatic rings. The molecule has 1 fully saturated rings. The van der Waals surface area contributed by atoms with Gasteiger partial charge in [-0.2, -0.15) is 18.4 Å². The third-order valence-corrected chi connectivity index (χ3v) is 2.73. The number of carbonyl (C=O) groups is 1. The van der Waals surface area contributed by atoms with Crippen molar-refractivity contribution < 1.29 is 27.8 Å². The molecule has 8 heteroatoms. The van der Waals surface area contributed by atoms with E-state index in [-0.39, 0.29) is 26.2 Å². The maximum Gasteiger partial charge on any atom is 0.405 e. The van der Waals surface area contributed by atoms with Crippen molar-refractivity contribution in [3.63, 3.8) is 0 Å². The highest BCUT2D eigenvalue weighted by molar-refractivity contribution is 5.67. The van der Waals surface area contributed by atoms with Crippen LogP contribution in [0.2, 0.25) is 0 Å². The van der Waals surface area contributed by atoms with E-state index < -0.39 is 30.7 Å². The highest BCUT2D eigenvalue weighted by Gasteiger charge is 2.42. The zero-order valence-electron chi connectivity index (χ0n) is 9.48. The van der Waals surface area contributed by atoms with Crippen molar-refractivity contribution in [2.45, 2.75) is 18.6 Å². The number of nitriles is 1. The Morgan fingerprint density at radius 3 is 2.78 bits per heavy atom. The second kappa shape index (κ2) is 6.02. The number of aliphatic carboxylic acids is 1. The van der Waals surface area contributed by atoms with Gasteiger partial charge in [-0.15, -0.1) is 0 Å². The topological polar surface area (TPSA) is 73.6 Å². The van der Waals surface area contributed by atoms with E-state index in [4.69, 9.17) is 15.1 Å². The number of carboxylic acid groups (broad SMARTS) is 1. The fraction of sp³-hybridized carbons (Fsp3) is 0.800. The third kappa shape index (κ3) is 4.16. The van der Waals surface area contributed by atoms with Crippen molar-refractivity contribution in [3.05, 3.63) is 0 Å². The van der Waals surface area contributed by atoms with Crippen LogP contribution in [-0.2, 0) is 9.53 Å². The molecule has 1 rings (SSSR count). The fourth-order valence-corrected chi connectivity index (χ4v) is 1.77. The van der Waals surface area contributed by atoms with Crippen molar-refractivity contribution in [2.75, 3.05) is 26.3 Å². The van der Waals surface area contributed by atoms with Crippen LogP contribution in [0, 0.1) is 17.2 Å². The van der Waals surface area contributed by atoms with Crippen LogP contribution in [0.3, 0.4) is 0 Å². The molecule has 1 heterocycles. The Morgan fingerprint density at radius 2 is 2.28 bits per heavy atom. The molecule has 2 atom stereocenters. The van der Waals surface area contributed by atoms with Gasteiger partial charge in [0.05, 0.1) is 25.7 Å². The molecule has 1 saturated heterocycles. The summed E-state index contributed by atoms with van der Waals surface area (Å²) < 4.78 is 42.4. The second-order valence-corrected chi connectivity index (χ2v) is 4.04. The van der Waals surface area contributed by atoms with Gasteiger partial charge in [0.1, 0.15) is 0 Å². The summed E-state index contributed by atoms with van der Waals surface area (Å²) in [5.41, 5.74) is 0. The van der Waals surface area contributed by atoms with Crippen molar-refractivity contribution in [2.24, 2.45) is 5.92 Å². The van der Waals surface area contributed by atoms with Crippen LogP contribution in [-0.4, -0.2) is 54.5 Å². The monoisotopic (exact) mass is 266 g/mol. The van der Waals surface area contributed by atoms with Crippen molar-refractivity contribution in [3.8, 4) is 6.07 Å². The molecule has 102 valence electrons. The summed E-state index contributed by atoms with van der Waals surface area (Å²) in [6.45, 7) is 0.00193. The zero-order chi connectivity index (χ0) is 13.8. The molecule has 1 N–H and O–H groups in total. The number of ether oxygens (including phenoxy) is 1. The summed E-state index contributed by atoms with van der Waals surface area (Å²) >= 11 is 0. The van der Waals surface area contributed by atoms with Crippen LogP contribution in [0.1, 0.15) is 6.42 Å². The highest BCUT2D eigenvalue weighted by Crippen LogP contribution is 2.27. The first-order valence-corrected chi connectivity index (χ1v) is 5.34. The molecule has 0 radical (unpaired) electrons. The van der Waals surface area contributed by atoms with Gasteiger partial charge in [-0.25, -0.2) is 0 Å². The Bertz CT molecular complexity index is 340. The predicted molar refractivity (Wildman–Crippen MR) is 53.6 cm³/mol. The molecule has 0 aromatic heterocycles. The fourth-order valence-electron chi connectivity index (χ4n) is 1.77. The van der Waals surface area contributed by atoms with Gasteiger partial charge in [0, 0.05) is 19.1 Å². The number of rotatable bonds is 4. The molecule has 0 bridgehead atoms. The molecule has 1 aliphatic heterocycles. The Hall–Kier alpha value is -1.33. The molecule has 0 amide bonds. The average Bonchev–Trinajstić information content (AvgIpc) is 2.25. The van der Waals surface area contributed by atoms with Crippen LogP contribution in [0.4, 0.5) is 13.2 Å². The van der Waals surface area contributed by atoms with Gasteiger partial charge in [-0.3, -0.25) is 9.69 Å². The van der Waals surface area contributed by atoms with E-state index in [9.17, 15) is 18.0 Å². The molecule has 0 aromatic carbocycles. The van der Waals surface area contributed by atoms with E-state index in [0.717, 1.165) is 0 Å². The number of carboxylic acids is 1. The van der Waals surface area contributed by atoms with Gasteiger partial charge in [-0.1, -0.05) is 0 Å². The maximum atomic E-state index is 12.5. The summed E-state index contributed by atoms with van der Waals surface area (Å²) in [6, 6.07) is 0.592. The van der Waals surface area contributed by atoms with Crippen molar-refractivity contribution in [1.82, 2.24) is 4.90 Å². The van der Waals surface area contributed by atoms with Gasteiger partial charge in [0.2, 0.25) is 0 Å². The van der Waals surface area contributed by atoms with Crippen molar-refractivity contribution >= 4 is 5.97 Å². The quantitative estimate of drug-likeness (QED) is 0.817. The van der Waals surface area contributed by atoms with Crippen LogP contribution in [0.5, 0.6) is 0 Å². The first-order valence-electron chi connectivity index (χ1n) is 5.34. The summed E-state index contributed by atoms with van der Waals surface area (Å²) in [6.07, 6.45) is -4.89. The first kappa shape index (κ1) is 14.7. The average molecular weight is 266 g/mol. The normalized spacial score (nSPS) is 23.3. The van der Waals surface area contributed by atoms with Crippen LogP contribution in [0.15, 0.2) is 0 Å². The zero-order valence-corrected chi connectivity index (χ0v) is 9.48. The largest absolute Gasteiger partial charge is 0.481 e. The van der Waals surface area contributed by atoms with E-state index >= 15 is 0 Å². The highest BCUT2D eigenvalue weighted by atomic mass is 19.4. The van der Waals surface area contributed by atoms with E-state index in [1.165, 1.54) is 11.0 Å². The predicted octanol–water partition coefficient (Wildman–Crippen LogP) is 0.864. The van der Waals surface area contributed by atoms with Crippen molar-refractivity contribution in [1.29, 1.82) is 5.26 Å². The molecule has 2 unspecified atom stereocenters. The number of hydrogen-bond donors (Lipinski definition) is 1. The van der Waals surface area contributed by atoms with Gasteiger partial charge >= 0.3 is 12.1 Å². The first-order chi connectivity index (χ1) is 8.34. The molecule has 1 aliphatic rings. The lowest BCUT2D eigenvalue weighted by Gasteiger charge is -2.36. The Morgan fingerprint density at radius 1 is 1.61 bits per heavy atom. The molecule has 0 saturated carbocycles. The van der Waals surface area contributed by atoms with Gasteiger partial charge in [-0.05, 0) is 0 Å². The summed E-state index contributed by atoms with van der Waals surface area (Å²) in [5, 5.41) is 17.2. The standard InChI is InChI=1S/C10H13F3N2O3/c11-10(12,13)7(4-14)5-15-1-2-18-6-8(15)3-9(16)17/h7-8H,1-3,5-6H2,(H,16,17).